The molecule has 1 atom stereocenters. The highest BCUT2D eigenvalue weighted by atomic mass is 32.2. The lowest BCUT2D eigenvalue weighted by Crippen LogP contribution is -2.48. The minimum Gasteiger partial charge on any atom is -0.476 e. The Labute approximate surface area is 147 Å². The monoisotopic (exact) mass is 360 g/mol. The molecule has 2 aromatic carbocycles. The molecule has 3 rings (SSSR count). The number of carbonyl (C=O) groups excluding carboxylic acids is 1. The summed E-state index contributed by atoms with van der Waals surface area (Å²) in [6.07, 6.45) is 0.200. The van der Waals surface area contributed by atoms with Gasteiger partial charge in [0.1, 0.15) is 5.75 Å². The Morgan fingerprint density at radius 3 is 2.40 bits per heavy atom. The zero-order valence-corrected chi connectivity index (χ0v) is 15.1. The van der Waals surface area contributed by atoms with Crippen LogP contribution in [0.3, 0.4) is 0 Å². The SMILES string of the molecule is Cc1ccc(NC(=O)C2CN(S(C)(=O)=O)c3cc(C)ccc3O2)cc1. The van der Waals surface area contributed by atoms with E-state index in [0.29, 0.717) is 17.1 Å². The smallest absolute Gasteiger partial charge is 0.267 e. The van der Waals surface area contributed by atoms with Crippen LogP contribution in [0.25, 0.3) is 0 Å². The molecule has 0 aliphatic carbocycles. The number of carbonyl (C=O) groups is 1. The summed E-state index contributed by atoms with van der Waals surface area (Å²) < 4.78 is 31.3. The van der Waals surface area contributed by atoms with E-state index in [0.717, 1.165) is 17.4 Å². The van der Waals surface area contributed by atoms with Crippen LogP contribution in [0, 0.1) is 13.8 Å². The standard InChI is InChI=1S/C18H20N2O4S/c1-12-4-7-14(8-5-12)19-18(21)17-11-20(25(3,22)23)15-10-13(2)6-9-16(15)24-17/h4-10,17H,11H2,1-3H3,(H,19,21). The lowest BCUT2D eigenvalue weighted by atomic mass is 10.1. The molecule has 1 heterocycles. The fourth-order valence-corrected chi connectivity index (χ4v) is 3.58. The van der Waals surface area contributed by atoms with Crippen molar-refractivity contribution in [3.05, 3.63) is 53.6 Å². The van der Waals surface area contributed by atoms with Crippen LogP contribution in [-0.4, -0.2) is 33.2 Å². The maximum atomic E-state index is 12.5. The maximum absolute atomic E-state index is 12.5. The van der Waals surface area contributed by atoms with Crippen LogP contribution in [0.4, 0.5) is 11.4 Å². The summed E-state index contributed by atoms with van der Waals surface area (Å²) in [5.41, 5.74) is 3.10. The van der Waals surface area contributed by atoms with Crippen molar-refractivity contribution in [2.45, 2.75) is 20.0 Å². The lowest BCUT2D eigenvalue weighted by molar-refractivity contribution is -0.122. The van der Waals surface area contributed by atoms with Crippen molar-refractivity contribution in [2.24, 2.45) is 0 Å². The Morgan fingerprint density at radius 1 is 1.12 bits per heavy atom. The third kappa shape index (κ3) is 3.76. The predicted octanol–water partition coefficient (Wildman–Crippen LogP) is 2.47. The molecule has 0 radical (unpaired) electrons. The van der Waals surface area contributed by atoms with Crippen molar-refractivity contribution in [3.8, 4) is 5.75 Å². The number of ether oxygens (including phenoxy) is 1. The molecule has 0 saturated heterocycles. The Morgan fingerprint density at radius 2 is 1.76 bits per heavy atom. The Bertz CT molecular complexity index is 907. The van der Waals surface area contributed by atoms with E-state index >= 15 is 0 Å². The third-order valence-corrected chi connectivity index (χ3v) is 5.14. The van der Waals surface area contributed by atoms with E-state index in [1.54, 1.807) is 24.3 Å². The van der Waals surface area contributed by atoms with Crippen LogP contribution in [-0.2, 0) is 14.8 Å². The van der Waals surface area contributed by atoms with Gasteiger partial charge in [-0.15, -0.1) is 0 Å². The summed E-state index contributed by atoms with van der Waals surface area (Å²) in [5, 5.41) is 2.77. The number of hydrogen-bond acceptors (Lipinski definition) is 4. The van der Waals surface area contributed by atoms with E-state index in [1.165, 1.54) is 4.31 Å². The van der Waals surface area contributed by atoms with Gasteiger partial charge in [0.2, 0.25) is 10.0 Å². The van der Waals surface area contributed by atoms with Gasteiger partial charge in [0.05, 0.1) is 18.5 Å². The fourth-order valence-electron chi connectivity index (χ4n) is 2.67. The number of aryl methyl sites for hydroxylation is 2. The molecule has 1 unspecified atom stereocenters. The first-order chi connectivity index (χ1) is 11.7. The first-order valence-corrected chi connectivity index (χ1v) is 9.71. The number of nitrogens with zero attached hydrogens (tertiary/aromatic N) is 1. The molecular formula is C18H20N2O4S. The molecule has 7 heteroatoms. The second kappa shape index (κ2) is 6.40. The number of amides is 1. The predicted molar refractivity (Wildman–Crippen MR) is 97.6 cm³/mol. The van der Waals surface area contributed by atoms with Crippen LogP contribution >= 0.6 is 0 Å². The van der Waals surface area contributed by atoms with Gasteiger partial charge in [0.15, 0.2) is 6.10 Å². The maximum Gasteiger partial charge on any atom is 0.267 e. The summed E-state index contributed by atoms with van der Waals surface area (Å²) in [6.45, 7) is 3.77. The van der Waals surface area contributed by atoms with Gasteiger partial charge >= 0.3 is 0 Å². The van der Waals surface area contributed by atoms with Crippen LogP contribution in [0.2, 0.25) is 0 Å². The minimum absolute atomic E-state index is 0.0625. The van der Waals surface area contributed by atoms with Gasteiger partial charge in [0, 0.05) is 5.69 Å². The second-order valence-corrected chi connectivity index (χ2v) is 8.13. The van der Waals surface area contributed by atoms with Crippen LogP contribution in [0.5, 0.6) is 5.75 Å². The lowest BCUT2D eigenvalue weighted by Gasteiger charge is -2.34. The number of benzene rings is 2. The van der Waals surface area contributed by atoms with Crippen LogP contribution < -0.4 is 14.4 Å². The molecule has 25 heavy (non-hydrogen) atoms. The molecule has 0 aromatic heterocycles. The first kappa shape index (κ1) is 17.3. The van der Waals surface area contributed by atoms with Crippen molar-refractivity contribution >= 4 is 27.3 Å². The van der Waals surface area contributed by atoms with Gasteiger partial charge in [-0.2, -0.15) is 0 Å². The molecule has 0 spiro atoms. The molecule has 0 saturated carbocycles. The number of hydrogen-bond donors (Lipinski definition) is 1. The summed E-state index contributed by atoms with van der Waals surface area (Å²) in [5.74, 6) is -0.00457. The summed E-state index contributed by atoms with van der Waals surface area (Å²) in [7, 11) is -3.53. The first-order valence-electron chi connectivity index (χ1n) is 7.86. The largest absolute Gasteiger partial charge is 0.476 e. The summed E-state index contributed by atoms with van der Waals surface area (Å²) >= 11 is 0. The average Bonchev–Trinajstić information content (AvgIpc) is 2.55. The van der Waals surface area contributed by atoms with Crippen molar-refractivity contribution in [3.63, 3.8) is 0 Å². The Kier molecular flexibility index (Phi) is 4.43. The minimum atomic E-state index is -3.53. The number of anilines is 2. The Balaban J connectivity index is 1.87. The van der Waals surface area contributed by atoms with Gasteiger partial charge in [-0.05, 0) is 43.7 Å². The zero-order chi connectivity index (χ0) is 18.2. The highest BCUT2D eigenvalue weighted by Gasteiger charge is 2.35. The van der Waals surface area contributed by atoms with Crippen molar-refractivity contribution < 1.29 is 17.9 Å². The summed E-state index contributed by atoms with van der Waals surface area (Å²) in [4.78, 5) is 12.5. The topological polar surface area (TPSA) is 75.7 Å². The van der Waals surface area contributed by atoms with Crippen LogP contribution in [0.1, 0.15) is 11.1 Å². The van der Waals surface area contributed by atoms with Crippen molar-refractivity contribution in [1.29, 1.82) is 0 Å². The number of fused-ring (bicyclic) bond motifs is 1. The zero-order valence-electron chi connectivity index (χ0n) is 14.3. The molecule has 6 nitrogen and oxygen atoms in total. The molecule has 1 amide bonds. The highest BCUT2D eigenvalue weighted by Crippen LogP contribution is 2.35. The van der Waals surface area contributed by atoms with Gasteiger partial charge in [-0.1, -0.05) is 23.8 Å². The molecule has 1 N–H and O–H groups in total. The number of sulfonamides is 1. The molecule has 132 valence electrons. The second-order valence-electron chi connectivity index (χ2n) is 6.23. The molecular weight excluding hydrogens is 340 g/mol. The van der Waals surface area contributed by atoms with Crippen molar-refractivity contribution in [1.82, 2.24) is 0 Å². The Hall–Kier alpha value is -2.54. The van der Waals surface area contributed by atoms with Crippen LogP contribution in [0.15, 0.2) is 42.5 Å². The highest BCUT2D eigenvalue weighted by molar-refractivity contribution is 7.92. The molecule has 1 aliphatic heterocycles. The van der Waals surface area contributed by atoms with Gasteiger partial charge < -0.3 is 10.1 Å². The van der Waals surface area contributed by atoms with Gasteiger partial charge in [0.25, 0.3) is 5.91 Å². The van der Waals surface area contributed by atoms with E-state index < -0.39 is 16.1 Å². The van der Waals surface area contributed by atoms with E-state index in [1.807, 2.05) is 32.0 Å². The number of rotatable bonds is 3. The van der Waals surface area contributed by atoms with E-state index in [2.05, 4.69) is 5.32 Å². The molecule has 0 fully saturated rings. The van der Waals surface area contributed by atoms with Gasteiger partial charge in [-0.25, -0.2) is 8.42 Å². The molecule has 0 bridgehead atoms. The van der Waals surface area contributed by atoms with Gasteiger partial charge in [-0.3, -0.25) is 9.10 Å². The summed E-state index contributed by atoms with van der Waals surface area (Å²) in [6, 6.07) is 12.6. The quantitative estimate of drug-likeness (QED) is 0.912. The number of nitrogens with one attached hydrogen (secondary N) is 1. The van der Waals surface area contributed by atoms with E-state index in [4.69, 9.17) is 4.74 Å². The fraction of sp³-hybridized carbons (Fsp3) is 0.278. The third-order valence-electron chi connectivity index (χ3n) is 4.00. The molecule has 1 aliphatic rings. The molecule has 2 aromatic rings. The van der Waals surface area contributed by atoms with E-state index in [-0.39, 0.29) is 12.5 Å². The normalized spacial score (nSPS) is 16.8. The average molecular weight is 360 g/mol. The van der Waals surface area contributed by atoms with E-state index in [9.17, 15) is 13.2 Å². The van der Waals surface area contributed by atoms with Crippen molar-refractivity contribution in [2.75, 3.05) is 22.4 Å².